The van der Waals surface area contributed by atoms with E-state index in [1.54, 1.807) is 30.3 Å². The van der Waals surface area contributed by atoms with Gasteiger partial charge in [0.2, 0.25) is 0 Å². The number of benzene rings is 4. The third-order valence-corrected chi connectivity index (χ3v) is 6.04. The second-order valence-electron chi connectivity index (χ2n) is 8.30. The van der Waals surface area contributed by atoms with Gasteiger partial charge in [0.15, 0.2) is 0 Å². The number of carbonyl (C=O) groups is 2. The summed E-state index contributed by atoms with van der Waals surface area (Å²) in [5.41, 5.74) is 6.93. The molecule has 0 aromatic heterocycles. The molecule has 0 aliphatic heterocycles. The molecule has 0 unspecified atom stereocenters. The van der Waals surface area contributed by atoms with Crippen molar-refractivity contribution in [1.82, 2.24) is 0 Å². The molecule has 170 valence electrons. The quantitative estimate of drug-likeness (QED) is 0.309. The molecule has 0 aliphatic carbocycles. The van der Waals surface area contributed by atoms with Gasteiger partial charge < -0.3 is 10.2 Å². The fourth-order valence-corrected chi connectivity index (χ4v) is 4.68. The Morgan fingerprint density at radius 3 is 1.71 bits per heavy atom. The summed E-state index contributed by atoms with van der Waals surface area (Å²) in [6.07, 6.45) is 1.73. The van der Waals surface area contributed by atoms with Gasteiger partial charge in [-0.15, -0.1) is 0 Å². The van der Waals surface area contributed by atoms with Crippen LogP contribution < -0.4 is 0 Å². The molecule has 2 N–H and O–H groups in total. The second kappa shape index (κ2) is 9.75. The topological polar surface area (TPSA) is 74.6 Å². The monoisotopic (exact) mass is 450 g/mol. The number of aromatic carboxylic acids is 2. The van der Waals surface area contributed by atoms with Crippen molar-refractivity contribution in [2.24, 2.45) is 0 Å². The molecule has 0 heterocycles. The lowest BCUT2D eigenvalue weighted by atomic mass is 9.79. The molecule has 4 nitrogen and oxygen atoms in total. The molecular weight excluding hydrogens is 424 g/mol. The molecule has 4 aromatic rings. The number of hydrogen-bond acceptors (Lipinski definition) is 2. The Hall–Kier alpha value is -4.18. The Morgan fingerprint density at radius 1 is 0.676 bits per heavy atom. The summed E-state index contributed by atoms with van der Waals surface area (Å²) in [6, 6.07) is 25.9. The molecule has 0 spiro atoms. The normalized spacial score (nSPS) is 10.8. The van der Waals surface area contributed by atoms with Gasteiger partial charge in [0.05, 0.1) is 11.1 Å². The smallest absolute Gasteiger partial charge is 0.336 e. The lowest BCUT2D eigenvalue weighted by Gasteiger charge is -2.24. The first-order valence-corrected chi connectivity index (χ1v) is 11.3. The molecule has 0 bridgehead atoms. The zero-order chi connectivity index (χ0) is 24.2. The van der Waals surface area contributed by atoms with Gasteiger partial charge in [-0.3, -0.25) is 0 Å². The van der Waals surface area contributed by atoms with E-state index in [-0.39, 0.29) is 11.1 Å². The highest BCUT2D eigenvalue weighted by Gasteiger charge is 2.25. The Balaban J connectivity index is 2.25. The third kappa shape index (κ3) is 4.23. The summed E-state index contributed by atoms with van der Waals surface area (Å²) < 4.78 is 0. The lowest BCUT2D eigenvalue weighted by molar-refractivity contribution is 0.0686. The summed E-state index contributed by atoms with van der Waals surface area (Å²) >= 11 is 0. The minimum Gasteiger partial charge on any atom is -0.478 e. The minimum atomic E-state index is -1.02. The van der Waals surface area contributed by atoms with Crippen LogP contribution in [-0.2, 0) is 6.42 Å². The maximum Gasteiger partial charge on any atom is 0.336 e. The Kier molecular flexibility index (Phi) is 6.60. The van der Waals surface area contributed by atoms with E-state index in [2.05, 4.69) is 13.0 Å². The Labute approximate surface area is 199 Å². The van der Waals surface area contributed by atoms with E-state index in [1.807, 2.05) is 55.5 Å². The summed E-state index contributed by atoms with van der Waals surface area (Å²) in [5.74, 6) is -2.04. The van der Waals surface area contributed by atoms with E-state index in [1.165, 1.54) is 0 Å². The lowest BCUT2D eigenvalue weighted by Crippen LogP contribution is -2.06. The summed E-state index contributed by atoms with van der Waals surface area (Å²) in [7, 11) is 0. The van der Waals surface area contributed by atoms with Crippen molar-refractivity contribution in [3.8, 4) is 33.4 Å². The molecule has 34 heavy (non-hydrogen) atoms. The van der Waals surface area contributed by atoms with Crippen LogP contribution in [0.5, 0.6) is 0 Å². The largest absolute Gasteiger partial charge is 0.478 e. The van der Waals surface area contributed by atoms with Gasteiger partial charge in [0.1, 0.15) is 0 Å². The van der Waals surface area contributed by atoms with Crippen LogP contribution in [0.2, 0.25) is 0 Å². The van der Waals surface area contributed by atoms with Crippen LogP contribution in [-0.4, -0.2) is 22.2 Å². The maximum atomic E-state index is 12.3. The van der Waals surface area contributed by atoms with Crippen molar-refractivity contribution in [1.29, 1.82) is 0 Å². The van der Waals surface area contributed by atoms with Crippen LogP contribution >= 0.6 is 0 Å². The molecule has 0 fully saturated rings. The number of rotatable bonds is 7. The van der Waals surface area contributed by atoms with Crippen molar-refractivity contribution < 1.29 is 19.8 Å². The fraction of sp³-hybridized carbons (Fsp3) is 0.133. The van der Waals surface area contributed by atoms with Crippen molar-refractivity contribution in [3.05, 3.63) is 107 Å². The number of hydrogen-bond donors (Lipinski definition) is 2. The van der Waals surface area contributed by atoms with Crippen LogP contribution in [0.3, 0.4) is 0 Å². The highest BCUT2D eigenvalue weighted by atomic mass is 16.4. The van der Waals surface area contributed by atoms with Crippen LogP contribution in [0.25, 0.3) is 33.4 Å². The summed E-state index contributed by atoms with van der Waals surface area (Å²) in [6.45, 7) is 4.08. The predicted octanol–water partition coefficient (Wildman–Crippen LogP) is 7.34. The average Bonchev–Trinajstić information content (AvgIpc) is 2.84. The first-order chi connectivity index (χ1) is 16.4. The number of carboxylic acids is 2. The molecule has 4 rings (SSSR count). The molecular formula is C30H26O4. The van der Waals surface area contributed by atoms with Gasteiger partial charge in [-0.2, -0.15) is 0 Å². The van der Waals surface area contributed by atoms with Crippen molar-refractivity contribution >= 4 is 11.9 Å². The van der Waals surface area contributed by atoms with Crippen molar-refractivity contribution in [3.63, 3.8) is 0 Å². The van der Waals surface area contributed by atoms with Crippen molar-refractivity contribution in [2.75, 3.05) is 0 Å². The van der Waals surface area contributed by atoms with E-state index >= 15 is 0 Å². The molecule has 0 atom stereocenters. The molecule has 4 aromatic carbocycles. The molecule has 0 saturated carbocycles. The minimum absolute atomic E-state index is 0.182. The Morgan fingerprint density at radius 2 is 1.18 bits per heavy atom. The Bertz CT molecular complexity index is 1370. The number of carboxylic acid groups (broad SMARTS) is 2. The zero-order valence-electron chi connectivity index (χ0n) is 19.2. The van der Waals surface area contributed by atoms with Gasteiger partial charge in [-0.25, -0.2) is 9.59 Å². The van der Waals surface area contributed by atoms with E-state index in [9.17, 15) is 19.8 Å². The van der Waals surface area contributed by atoms with Gasteiger partial charge in [-0.1, -0.05) is 86.1 Å². The highest BCUT2D eigenvalue weighted by molar-refractivity contribution is 6.07. The average molecular weight is 451 g/mol. The van der Waals surface area contributed by atoms with Crippen LogP contribution in [0.15, 0.2) is 84.9 Å². The molecule has 0 radical (unpaired) electrons. The summed E-state index contributed by atoms with van der Waals surface area (Å²) in [5, 5.41) is 20.0. The van der Waals surface area contributed by atoms with Gasteiger partial charge in [-0.05, 0) is 70.0 Å². The fourth-order valence-electron chi connectivity index (χ4n) is 4.68. The van der Waals surface area contributed by atoms with Gasteiger partial charge in [0, 0.05) is 0 Å². The van der Waals surface area contributed by atoms with E-state index in [4.69, 9.17) is 0 Å². The molecule has 0 saturated heterocycles. The summed E-state index contributed by atoms with van der Waals surface area (Å²) in [4.78, 5) is 24.4. The van der Waals surface area contributed by atoms with Gasteiger partial charge in [0.25, 0.3) is 0 Å². The first kappa shape index (κ1) is 23.0. The molecule has 0 aliphatic rings. The third-order valence-electron chi connectivity index (χ3n) is 6.04. The molecule has 0 amide bonds. The van der Waals surface area contributed by atoms with Crippen LogP contribution in [0.4, 0.5) is 0 Å². The van der Waals surface area contributed by atoms with E-state index < -0.39 is 11.9 Å². The second-order valence-corrected chi connectivity index (χ2v) is 8.30. The van der Waals surface area contributed by atoms with Gasteiger partial charge >= 0.3 is 11.9 Å². The first-order valence-electron chi connectivity index (χ1n) is 11.3. The van der Waals surface area contributed by atoms with Crippen LogP contribution in [0.1, 0.15) is 45.2 Å². The molecule has 4 heteroatoms. The van der Waals surface area contributed by atoms with E-state index in [0.717, 1.165) is 46.2 Å². The number of aryl methyl sites for hydroxylation is 2. The predicted molar refractivity (Wildman–Crippen MR) is 135 cm³/mol. The van der Waals surface area contributed by atoms with E-state index in [0.29, 0.717) is 11.1 Å². The maximum absolute atomic E-state index is 12.3. The van der Waals surface area contributed by atoms with Crippen molar-refractivity contribution in [2.45, 2.75) is 26.7 Å². The SMILES string of the molecule is CCCc1cc(C)c(-c2ccccc2C(=O)O)c(-c2ccccc2C(=O)O)c1-c1ccccc1. The van der Waals surface area contributed by atoms with Crippen LogP contribution in [0, 0.1) is 6.92 Å². The standard InChI is InChI=1S/C30H26O4/c1-3-11-21-18-19(2)26(22-14-7-9-16-24(22)29(31)32)28(27(21)20-12-5-4-6-13-20)23-15-8-10-17-25(23)30(33)34/h4-10,12-18H,3,11H2,1-2H3,(H,31,32)(H,33,34). The highest BCUT2D eigenvalue weighted by Crippen LogP contribution is 2.46. The zero-order valence-corrected chi connectivity index (χ0v) is 19.2.